The summed E-state index contributed by atoms with van der Waals surface area (Å²) >= 11 is 0. The summed E-state index contributed by atoms with van der Waals surface area (Å²) in [6.45, 7) is 7.55. The van der Waals surface area contributed by atoms with E-state index in [4.69, 9.17) is 5.84 Å². The third kappa shape index (κ3) is 3.15. The van der Waals surface area contributed by atoms with Crippen LogP contribution in [0.25, 0.3) is 0 Å². The number of nitrogens with two attached hydrogens (primary N) is 1. The van der Waals surface area contributed by atoms with Crippen LogP contribution in [0.2, 0.25) is 0 Å². The lowest BCUT2D eigenvalue weighted by molar-refractivity contribution is 0.0876. The van der Waals surface area contributed by atoms with Crippen LogP contribution in [0.1, 0.15) is 22.7 Å². The Labute approximate surface area is 116 Å². The van der Waals surface area contributed by atoms with Gasteiger partial charge in [0, 0.05) is 25.7 Å². The highest BCUT2D eigenvalue weighted by Crippen LogP contribution is 2.24. The highest BCUT2D eigenvalue weighted by Gasteiger charge is 2.30. The maximum absolute atomic E-state index is 5.84. The fourth-order valence-corrected chi connectivity index (χ4v) is 2.79. The molecule has 3 N–H and O–H groups in total. The van der Waals surface area contributed by atoms with Crippen molar-refractivity contribution >= 4 is 0 Å². The molecule has 0 bridgehead atoms. The van der Waals surface area contributed by atoms with Gasteiger partial charge in [-0.1, -0.05) is 18.2 Å². The van der Waals surface area contributed by atoms with E-state index in [1.54, 1.807) is 0 Å². The van der Waals surface area contributed by atoms with E-state index in [-0.39, 0.29) is 6.04 Å². The zero-order valence-corrected chi connectivity index (χ0v) is 12.5. The van der Waals surface area contributed by atoms with Gasteiger partial charge in [0.2, 0.25) is 0 Å². The average Bonchev–Trinajstić information content (AvgIpc) is 2.38. The molecule has 19 heavy (non-hydrogen) atoms. The first-order valence-electron chi connectivity index (χ1n) is 6.95. The van der Waals surface area contributed by atoms with Crippen molar-refractivity contribution in [1.29, 1.82) is 0 Å². The topological polar surface area (TPSA) is 44.5 Å². The third-order valence-electron chi connectivity index (χ3n) is 4.35. The molecule has 1 aliphatic heterocycles. The van der Waals surface area contributed by atoms with E-state index < -0.39 is 0 Å². The lowest BCUT2D eigenvalue weighted by Gasteiger charge is -2.41. The van der Waals surface area contributed by atoms with Gasteiger partial charge in [0.15, 0.2) is 0 Å². The SMILES string of the molecule is Cc1ccc(C(NN)C2CN(C)CCN2C)cc1C. The number of nitrogens with zero attached hydrogens (tertiary/aromatic N) is 2. The van der Waals surface area contributed by atoms with Crippen molar-refractivity contribution in [2.45, 2.75) is 25.9 Å². The van der Waals surface area contributed by atoms with Crippen LogP contribution in [-0.4, -0.2) is 49.6 Å². The lowest BCUT2D eigenvalue weighted by atomic mass is 9.94. The normalized spacial score (nSPS) is 23.5. The zero-order chi connectivity index (χ0) is 14.0. The predicted molar refractivity (Wildman–Crippen MR) is 79.9 cm³/mol. The van der Waals surface area contributed by atoms with Gasteiger partial charge in [-0.25, -0.2) is 0 Å². The summed E-state index contributed by atoms with van der Waals surface area (Å²) in [5.74, 6) is 5.84. The Kier molecular flexibility index (Phi) is 4.58. The number of rotatable bonds is 3. The van der Waals surface area contributed by atoms with E-state index in [0.717, 1.165) is 19.6 Å². The highest BCUT2D eigenvalue weighted by molar-refractivity contribution is 5.32. The summed E-state index contributed by atoms with van der Waals surface area (Å²) in [5.41, 5.74) is 6.94. The Morgan fingerprint density at radius 1 is 1.21 bits per heavy atom. The lowest BCUT2D eigenvalue weighted by Crippen LogP contribution is -2.56. The van der Waals surface area contributed by atoms with Crippen LogP contribution in [0, 0.1) is 13.8 Å². The number of nitrogens with one attached hydrogen (secondary N) is 1. The first-order chi connectivity index (χ1) is 9.02. The summed E-state index contributed by atoms with van der Waals surface area (Å²) < 4.78 is 0. The molecule has 4 nitrogen and oxygen atoms in total. The van der Waals surface area contributed by atoms with Crippen molar-refractivity contribution in [3.05, 3.63) is 34.9 Å². The average molecular weight is 262 g/mol. The second-order valence-electron chi connectivity index (χ2n) is 5.80. The molecule has 2 rings (SSSR count). The number of likely N-dealkylation sites (N-methyl/N-ethyl adjacent to an activating group) is 2. The molecule has 1 aromatic carbocycles. The van der Waals surface area contributed by atoms with Crippen molar-refractivity contribution in [2.75, 3.05) is 33.7 Å². The number of benzene rings is 1. The molecule has 106 valence electrons. The largest absolute Gasteiger partial charge is 0.303 e. The summed E-state index contributed by atoms with van der Waals surface area (Å²) in [6.07, 6.45) is 0. The molecule has 1 heterocycles. The molecule has 0 saturated carbocycles. The molecule has 1 fully saturated rings. The van der Waals surface area contributed by atoms with Crippen LogP contribution in [0.3, 0.4) is 0 Å². The second kappa shape index (κ2) is 6.01. The van der Waals surface area contributed by atoms with Gasteiger partial charge in [0.05, 0.1) is 6.04 Å². The Balaban J connectivity index is 2.25. The van der Waals surface area contributed by atoms with Crippen LogP contribution >= 0.6 is 0 Å². The molecule has 1 aliphatic rings. The number of hydrogen-bond acceptors (Lipinski definition) is 4. The Morgan fingerprint density at radius 3 is 2.58 bits per heavy atom. The van der Waals surface area contributed by atoms with Gasteiger partial charge in [-0.2, -0.15) is 0 Å². The van der Waals surface area contributed by atoms with Gasteiger partial charge in [0.1, 0.15) is 0 Å². The maximum Gasteiger partial charge on any atom is 0.0627 e. The highest BCUT2D eigenvalue weighted by atomic mass is 15.3. The standard InChI is InChI=1S/C15H26N4/c1-11-5-6-13(9-12(11)2)15(17-16)14-10-18(3)7-8-19(14)4/h5-6,9,14-15,17H,7-8,10,16H2,1-4H3. The second-order valence-corrected chi connectivity index (χ2v) is 5.80. The summed E-state index contributed by atoms with van der Waals surface area (Å²) in [4.78, 5) is 4.77. The van der Waals surface area contributed by atoms with Crippen molar-refractivity contribution in [2.24, 2.45) is 5.84 Å². The van der Waals surface area contributed by atoms with E-state index in [1.807, 2.05) is 0 Å². The molecule has 2 atom stereocenters. The van der Waals surface area contributed by atoms with E-state index in [2.05, 4.69) is 61.4 Å². The molecule has 0 aliphatic carbocycles. The number of hydrogen-bond donors (Lipinski definition) is 2. The minimum absolute atomic E-state index is 0.173. The van der Waals surface area contributed by atoms with E-state index in [1.165, 1.54) is 16.7 Å². The first kappa shape index (κ1) is 14.5. The Hall–Kier alpha value is -0.940. The summed E-state index contributed by atoms with van der Waals surface area (Å²) in [6, 6.07) is 7.21. The van der Waals surface area contributed by atoms with Crippen LogP contribution in [0.15, 0.2) is 18.2 Å². The van der Waals surface area contributed by atoms with Crippen molar-refractivity contribution in [3.63, 3.8) is 0 Å². The number of aryl methyl sites for hydroxylation is 2. The number of piperazine rings is 1. The smallest absolute Gasteiger partial charge is 0.0627 e. The van der Waals surface area contributed by atoms with Gasteiger partial charge in [-0.3, -0.25) is 16.2 Å². The van der Waals surface area contributed by atoms with Gasteiger partial charge in [-0.15, -0.1) is 0 Å². The molecular formula is C15H26N4. The molecule has 2 unspecified atom stereocenters. The monoisotopic (exact) mass is 262 g/mol. The minimum atomic E-state index is 0.173. The van der Waals surface area contributed by atoms with Crippen LogP contribution in [-0.2, 0) is 0 Å². The van der Waals surface area contributed by atoms with Crippen LogP contribution < -0.4 is 11.3 Å². The van der Waals surface area contributed by atoms with Gasteiger partial charge >= 0.3 is 0 Å². The minimum Gasteiger partial charge on any atom is -0.303 e. The van der Waals surface area contributed by atoms with E-state index >= 15 is 0 Å². The first-order valence-corrected chi connectivity index (χ1v) is 6.95. The van der Waals surface area contributed by atoms with Crippen molar-refractivity contribution in [3.8, 4) is 0 Å². The van der Waals surface area contributed by atoms with E-state index in [9.17, 15) is 0 Å². The zero-order valence-electron chi connectivity index (χ0n) is 12.5. The Morgan fingerprint density at radius 2 is 1.95 bits per heavy atom. The van der Waals surface area contributed by atoms with Crippen molar-refractivity contribution < 1.29 is 0 Å². The van der Waals surface area contributed by atoms with Crippen molar-refractivity contribution in [1.82, 2.24) is 15.2 Å². The van der Waals surface area contributed by atoms with Gasteiger partial charge in [0.25, 0.3) is 0 Å². The molecule has 1 saturated heterocycles. The quantitative estimate of drug-likeness (QED) is 0.631. The predicted octanol–water partition coefficient (Wildman–Crippen LogP) is 1.05. The molecule has 0 radical (unpaired) electrons. The molecule has 0 aromatic heterocycles. The van der Waals surface area contributed by atoms with Crippen LogP contribution in [0.5, 0.6) is 0 Å². The van der Waals surface area contributed by atoms with Crippen LogP contribution in [0.4, 0.5) is 0 Å². The molecule has 0 spiro atoms. The summed E-state index contributed by atoms with van der Waals surface area (Å²) in [7, 11) is 4.36. The molecule has 0 amide bonds. The van der Waals surface area contributed by atoms with Gasteiger partial charge < -0.3 is 4.90 Å². The summed E-state index contributed by atoms with van der Waals surface area (Å²) in [5, 5.41) is 0. The number of hydrazine groups is 1. The fraction of sp³-hybridized carbons (Fsp3) is 0.600. The molecular weight excluding hydrogens is 236 g/mol. The third-order valence-corrected chi connectivity index (χ3v) is 4.35. The van der Waals surface area contributed by atoms with Gasteiger partial charge in [-0.05, 0) is 44.6 Å². The molecule has 4 heteroatoms. The van der Waals surface area contributed by atoms with E-state index in [0.29, 0.717) is 6.04 Å². The maximum atomic E-state index is 5.84. The molecule has 1 aromatic rings. The Bertz CT molecular complexity index is 432. The fourth-order valence-electron chi connectivity index (χ4n) is 2.79.